The molecule has 0 spiro atoms. The van der Waals surface area contributed by atoms with Crippen LogP contribution in [0.25, 0.3) is 10.9 Å². The predicted octanol–water partition coefficient (Wildman–Crippen LogP) is 2.10. The summed E-state index contributed by atoms with van der Waals surface area (Å²) in [6.07, 6.45) is 5.81. The minimum Gasteiger partial charge on any atom is -0.361 e. The van der Waals surface area contributed by atoms with Crippen molar-refractivity contribution in [2.45, 2.75) is 44.2 Å². The number of para-hydroxylation sites is 1. The average molecular weight is 271 g/mol. The van der Waals surface area contributed by atoms with Gasteiger partial charge < -0.3 is 16.0 Å². The first-order valence-electron chi connectivity index (χ1n) is 7.20. The Labute approximate surface area is 118 Å². The SMILES string of the molecule is CC1(NC(=O)[C@H](N)Cc2c[nH]c3ccccc23)CCC1. The number of nitrogens with two attached hydrogens (primary N) is 1. The molecule has 1 aliphatic rings. The Balaban J connectivity index is 1.69. The van der Waals surface area contributed by atoms with Crippen molar-refractivity contribution in [3.8, 4) is 0 Å². The zero-order valence-electron chi connectivity index (χ0n) is 11.8. The van der Waals surface area contributed by atoms with E-state index < -0.39 is 6.04 Å². The molecule has 1 aromatic carbocycles. The van der Waals surface area contributed by atoms with Gasteiger partial charge in [0.25, 0.3) is 0 Å². The van der Waals surface area contributed by atoms with Crippen molar-refractivity contribution in [1.82, 2.24) is 10.3 Å². The van der Waals surface area contributed by atoms with Crippen LogP contribution in [0.15, 0.2) is 30.5 Å². The number of hydrogen-bond donors (Lipinski definition) is 3. The van der Waals surface area contributed by atoms with E-state index in [4.69, 9.17) is 5.73 Å². The first kappa shape index (κ1) is 13.2. The van der Waals surface area contributed by atoms with Crippen LogP contribution in [0.4, 0.5) is 0 Å². The molecular weight excluding hydrogens is 250 g/mol. The lowest BCUT2D eigenvalue weighted by atomic mass is 9.78. The molecule has 1 fully saturated rings. The lowest BCUT2D eigenvalue weighted by molar-refractivity contribution is -0.125. The molecule has 0 unspecified atom stereocenters. The zero-order valence-corrected chi connectivity index (χ0v) is 11.8. The number of carbonyl (C=O) groups excluding carboxylic acids is 1. The second kappa shape index (κ2) is 4.94. The van der Waals surface area contributed by atoms with Gasteiger partial charge >= 0.3 is 0 Å². The first-order valence-corrected chi connectivity index (χ1v) is 7.20. The Morgan fingerprint density at radius 3 is 2.90 bits per heavy atom. The molecule has 1 aromatic heterocycles. The predicted molar refractivity (Wildman–Crippen MR) is 80.4 cm³/mol. The summed E-state index contributed by atoms with van der Waals surface area (Å²) in [6, 6.07) is 7.58. The van der Waals surface area contributed by atoms with Crippen molar-refractivity contribution in [1.29, 1.82) is 0 Å². The van der Waals surface area contributed by atoms with E-state index in [1.54, 1.807) is 0 Å². The number of nitrogens with one attached hydrogen (secondary N) is 2. The molecule has 1 amide bonds. The minimum atomic E-state index is -0.494. The fourth-order valence-corrected chi connectivity index (χ4v) is 2.85. The van der Waals surface area contributed by atoms with Gasteiger partial charge in [0, 0.05) is 22.6 Å². The van der Waals surface area contributed by atoms with Gasteiger partial charge in [0.2, 0.25) is 5.91 Å². The number of fused-ring (bicyclic) bond motifs is 1. The summed E-state index contributed by atoms with van der Waals surface area (Å²) in [5, 5.41) is 4.22. The maximum Gasteiger partial charge on any atom is 0.237 e. The summed E-state index contributed by atoms with van der Waals surface area (Å²) >= 11 is 0. The lowest BCUT2D eigenvalue weighted by Crippen LogP contribution is -2.55. The molecule has 0 radical (unpaired) electrons. The van der Waals surface area contributed by atoms with E-state index in [9.17, 15) is 4.79 Å². The molecule has 2 aromatic rings. The minimum absolute atomic E-state index is 0.0328. The van der Waals surface area contributed by atoms with Crippen molar-refractivity contribution in [3.63, 3.8) is 0 Å². The van der Waals surface area contributed by atoms with Crippen LogP contribution >= 0.6 is 0 Å². The van der Waals surface area contributed by atoms with E-state index in [-0.39, 0.29) is 11.4 Å². The highest BCUT2D eigenvalue weighted by molar-refractivity contribution is 5.86. The summed E-state index contributed by atoms with van der Waals surface area (Å²) in [5.41, 5.74) is 8.21. The number of amides is 1. The van der Waals surface area contributed by atoms with Crippen LogP contribution in [0.2, 0.25) is 0 Å². The first-order chi connectivity index (χ1) is 9.57. The second-order valence-corrected chi connectivity index (χ2v) is 6.07. The fourth-order valence-electron chi connectivity index (χ4n) is 2.85. The number of hydrogen-bond acceptors (Lipinski definition) is 2. The molecule has 3 rings (SSSR count). The second-order valence-electron chi connectivity index (χ2n) is 6.07. The summed E-state index contributed by atoms with van der Waals surface area (Å²) in [7, 11) is 0. The number of benzene rings is 1. The zero-order chi connectivity index (χ0) is 14.2. The highest BCUT2D eigenvalue weighted by Crippen LogP contribution is 2.31. The Morgan fingerprint density at radius 1 is 1.45 bits per heavy atom. The van der Waals surface area contributed by atoms with Gasteiger partial charge in [0.1, 0.15) is 0 Å². The molecule has 4 N–H and O–H groups in total. The largest absolute Gasteiger partial charge is 0.361 e. The number of rotatable bonds is 4. The van der Waals surface area contributed by atoms with Crippen LogP contribution in [-0.4, -0.2) is 22.5 Å². The molecular formula is C16H21N3O. The molecule has 0 saturated heterocycles. The molecule has 4 heteroatoms. The molecule has 4 nitrogen and oxygen atoms in total. The van der Waals surface area contributed by atoms with Crippen molar-refractivity contribution in [3.05, 3.63) is 36.0 Å². The van der Waals surface area contributed by atoms with Gasteiger partial charge in [-0.15, -0.1) is 0 Å². The topological polar surface area (TPSA) is 70.9 Å². The van der Waals surface area contributed by atoms with Crippen LogP contribution in [-0.2, 0) is 11.2 Å². The average Bonchev–Trinajstić information content (AvgIpc) is 2.80. The summed E-state index contributed by atoms with van der Waals surface area (Å²) in [6.45, 7) is 2.09. The van der Waals surface area contributed by atoms with Gasteiger partial charge in [-0.25, -0.2) is 0 Å². The van der Waals surface area contributed by atoms with E-state index in [2.05, 4.69) is 23.3 Å². The molecule has 1 saturated carbocycles. The molecule has 1 aliphatic carbocycles. The van der Waals surface area contributed by atoms with Crippen molar-refractivity contribution in [2.24, 2.45) is 5.73 Å². The smallest absolute Gasteiger partial charge is 0.237 e. The van der Waals surface area contributed by atoms with Gasteiger partial charge in [-0.2, -0.15) is 0 Å². The summed E-state index contributed by atoms with van der Waals surface area (Å²) < 4.78 is 0. The van der Waals surface area contributed by atoms with E-state index in [1.807, 2.05) is 24.4 Å². The van der Waals surface area contributed by atoms with E-state index >= 15 is 0 Å². The molecule has 20 heavy (non-hydrogen) atoms. The van der Waals surface area contributed by atoms with Gasteiger partial charge in [0.05, 0.1) is 6.04 Å². The highest BCUT2D eigenvalue weighted by Gasteiger charge is 2.34. The highest BCUT2D eigenvalue weighted by atomic mass is 16.2. The number of H-pyrrole nitrogens is 1. The maximum absolute atomic E-state index is 12.2. The van der Waals surface area contributed by atoms with Gasteiger partial charge in [-0.1, -0.05) is 18.2 Å². The van der Waals surface area contributed by atoms with Crippen LogP contribution in [0.3, 0.4) is 0 Å². The maximum atomic E-state index is 12.2. The Hall–Kier alpha value is -1.81. The molecule has 106 valence electrons. The third kappa shape index (κ3) is 2.43. The van der Waals surface area contributed by atoms with Gasteiger partial charge in [0.15, 0.2) is 0 Å². The lowest BCUT2D eigenvalue weighted by Gasteiger charge is -2.39. The fraction of sp³-hybridized carbons (Fsp3) is 0.438. The summed E-state index contributed by atoms with van der Waals surface area (Å²) in [4.78, 5) is 15.4. The van der Waals surface area contributed by atoms with E-state index in [0.29, 0.717) is 6.42 Å². The number of aromatic amines is 1. The third-order valence-electron chi connectivity index (χ3n) is 4.33. The van der Waals surface area contributed by atoms with Crippen LogP contribution in [0.5, 0.6) is 0 Å². The number of carbonyl (C=O) groups is 1. The van der Waals surface area contributed by atoms with Gasteiger partial charge in [-0.3, -0.25) is 4.79 Å². The quantitative estimate of drug-likeness (QED) is 0.797. The molecule has 0 bridgehead atoms. The van der Waals surface area contributed by atoms with Crippen molar-refractivity contribution in [2.75, 3.05) is 0 Å². The van der Waals surface area contributed by atoms with Crippen LogP contribution in [0, 0.1) is 0 Å². The Morgan fingerprint density at radius 2 is 2.20 bits per heavy atom. The normalized spacial score (nSPS) is 18.5. The Bertz CT molecular complexity index is 627. The van der Waals surface area contributed by atoms with Crippen LogP contribution < -0.4 is 11.1 Å². The molecule has 1 atom stereocenters. The van der Waals surface area contributed by atoms with Crippen molar-refractivity contribution < 1.29 is 4.79 Å². The van der Waals surface area contributed by atoms with Crippen LogP contribution in [0.1, 0.15) is 31.7 Å². The molecule has 0 aliphatic heterocycles. The van der Waals surface area contributed by atoms with Gasteiger partial charge in [-0.05, 0) is 44.2 Å². The summed E-state index contributed by atoms with van der Waals surface area (Å²) in [5.74, 6) is -0.0440. The standard InChI is InChI=1S/C16H21N3O/c1-16(7-4-8-16)19-15(20)13(17)9-11-10-18-14-6-3-2-5-12(11)14/h2-3,5-6,10,13,18H,4,7-9,17H2,1H3,(H,19,20)/t13-/m1/s1. The monoisotopic (exact) mass is 271 g/mol. The molecule has 1 heterocycles. The Kier molecular flexibility index (Phi) is 3.26. The van der Waals surface area contributed by atoms with E-state index in [0.717, 1.165) is 29.3 Å². The third-order valence-corrected chi connectivity index (χ3v) is 4.33. The van der Waals surface area contributed by atoms with E-state index in [1.165, 1.54) is 6.42 Å². The van der Waals surface area contributed by atoms with Crippen molar-refractivity contribution >= 4 is 16.8 Å². The number of aromatic nitrogens is 1.